The number of rotatable bonds is 3. The Hall–Kier alpha value is -1.88. The molecule has 0 unspecified atom stereocenters. The molecule has 0 aliphatic carbocycles. The Labute approximate surface area is 114 Å². The number of hydrogen-bond donors (Lipinski definition) is 2. The second-order valence-electron chi connectivity index (χ2n) is 3.64. The molecule has 2 aromatic rings. The minimum absolute atomic E-state index is 0.231. The minimum Gasteiger partial charge on any atom is -0.388 e. The lowest BCUT2D eigenvalue weighted by atomic mass is 10.2. The number of aromatic nitrogens is 1. The molecule has 92 valence electrons. The van der Waals surface area contributed by atoms with Crippen molar-refractivity contribution in [1.82, 2.24) is 4.98 Å². The van der Waals surface area contributed by atoms with Gasteiger partial charge in [0.05, 0.1) is 0 Å². The monoisotopic (exact) mass is 305 g/mol. The number of amides is 1. The quantitative estimate of drug-likeness (QED) is 0.916. The molecule has 1 aromatic carbocycles. The summed E-state index contributed by atoms with van der Waals surface area (Å²) in [5.41, 5.74) is 1.96. The summed E-state index contributed by atoms with van der Waals surface area (Å²) in [6.07, 6.45) is 1.60. The topological polar surface area (TPSA) is 54.0 Å². The number of nitrogens with one attached hydrogen (secondary N) is 2. The van der Waals surface area contributed by atoms with Gasteiger partial charge < -0.3 is 10.6 Å². The maximum atomic E-state index is 12.0. The maximum absolute atomic E-state index is 12.0. The minimum atomic E-state index is -0.231. The zero-order valence-electron chi connectivity index (χ0n) is 9.77. The molecular formula is C13H12BrN3O. The fraction of sp³-hybridized carbons (Fsp3) is 0.0769. The number of carbonyl (C=O) groups is 1. The van der Waals surface area contributed by atoms with Crippen molar-refractivity contribution in [2.45, 2.75) is 0 Å². The summed E-state index contributed by atoms with van der Waals surface area (Å²) in [6, 6.07) is 10.9. The molecule has 0 bridgehead atoms. The number of anilines is 2. The standard InChI is InChI=1S/C13H12BrN3O/c1-15-10-5-6-16-12(8-10)13(18)17-11-4-2-3-9(14)7-11/h2-8H,1H3,(H,15,16)(H,17,18). The largest absolute Gasteiger partial charge is 0.388 e. The van der Waals surface area contributed by atoms with Gasteiger partial charge in [-0.3, -0.25) is 9.78 Å². The van der Waals surface area contributed by atoms with Crippen LogP contribution < -0.4 is 10.6 Å². The van der Waals surface area contributed by atoms with E-state index >= 15 is 0 Å². The normalized spacial score (nSPS) is 9.89. The van der Waals surface area contributed by atoms with Gasteiger partial charge >= 0.3 is 0 Å². The van der Waals surface area contributed by atoms with Crippen LogP contribution in [0.5, 0.6) is 0 Å². The summed E-state index contributed by atoms with van der Waals surface area (Å²) in [4.78, 5) is 16.0. The third-order valence-corrected chi connectivity index (χ3v) is 2.86. The van der Waals surface area contributed by atoms with Crippen LogP contribution >= 0.6 is 15.9 Å². The molecule has 0 radical (unpaired) electrons. The Balaban J connectivity index is 2.16. The molecule has 0 aliphatic heterocycles. The van der Waals surface area contributed by atoms with E-state index in [4.69, 9.17) is 0 Å². The van der Waals surface area contributed by atoms with Crippen molar-refractivity contribution in [3.05, 3.63) is 52.8 Å². The second kappa shape index (κ2) is 5.64. The second-order valence-corrected chi connectivity index (χ2v) is 4.56. The molecule has 2 rings (SSSR count). The molecule has 18 heavy (non-hydrogen) atoms. The van der Waals surface area contributed by atoms with Crippen molar-refractivity contribution in [3.8, 4) is 0 Å². The number of benzene rings is 1. The van der Waals surface area contributed by atoms with Crippen LogP contribution in [-0.4, -0.2) is 17.9 Å². The predicted molar refractivity (Wildman–Crippen MR) is 75.9 cm³/mol. The van der Waals surface area contributed by atoms with Crippen LogP contribution in [-0.2, 0) is 0 Å². The van der Waals surface area contributed by atoms with E-state index in [0.29, 0.717) is 5.69 Å². The molecule has 1 heterocycles. The van der Waals surface area contributed by atoms with Crippen molar-refractivity contribution in [2.24, 2.45) is 0 Å². The van der Waals surface area contributed by atoms with E-state index in [1.165, 1.54) is 0 Å². The molecule has 0 atom stereocenters. The molecule has 4 nitrogen and oxygen atoms in total. The summed E-state index contributed by atoms with van der Waals surface area (Å²) in [5, 5.41) is 5.76. The average molecular weight is 306 g/mol. The highest BCUT2D eigenvalue weighted by Crippen LogP contribution is 2.16. The number of nitrogens with zero attached hydrogens (tertiary/aromatic N) is 1. The third kappa shape index (κ3) is 3.07. The van der Waals surface area contributed by atoms with E-state index in [1.807, 2.05) is 24.3 Å². The average Bonchev–Trinajstić information content (AvgIpc) is 2.39. The van der Waals surface area contributed by atoms with E-state index in [-0.39, 0.29) is 5.91 Å². The predicted octanol–water partition coefficient (Wildman–Crippen LogP) is 3.14. The van der Waals surface area contributed by atoms with E-state index in [1.54, 1.807) is 25.4 Å². The Morgan fingerprint density at radius 2 is 2.06 bits per heavy atom. The van der Waals surface area contributed by atoms with Crippen LogP contribution in [0.3, 0.4) is 0 Å². The van der Waals surface area contributed by atoms with Crippen LogP contribution in [0.1, 0.15) is 10.5 Å². The van der Waals surface area contributed by atoms with Gasteiger partial charge in [0, 0.05) is 29.1 Å². The molecule has 1 aromatic heterocycles. The van der Waals surface area contributed by atoms with Crippen LogP contribution in [0.15, 0.2) is 47.1 Å². The van der Waals surface area contributed by atoms with Crippen LogP contribution in [0.4, 0.5) is 11.4 Å². The Morgan fingerprint density at radius 1 is 1.22 bits per heavy atom. The fourth-order valence-electron chi connectivity index (χ4n) is 1.47. The van der Waals surface area contributed by atoms with Gasteiger partial charge in [-0.1, -0.05) is 22.0 Å². The molecule has 0 saturated carbocycles. The number of carbonyl (C=O) groups excluding carboxylic acids is 1. The van der Waals surface area contributed by atoms with Crippen LogP contribution in [0, 0.1) is 0 Å². The van der Waals surface area contributed by atoms with E-state index in [9.17, 15) is 4.79 Å². The van der Waals surface area contributed by atoms with Gasteiger partial charge in [0.25, 0.3) is 5.91 Å². The molecule has 0 aliphatic rings. The van der Waals surface area contributed by atoms with Gasteiger partial charge in [-0.25, -0.2) is 0 Å². The van der Waals surface area contributed by atoms with Crippen molar-refractivity contribution in [2.75, 3.05) is 17.7 Å². The van der Waals surface area contributed by atoms with Gasteiger partial charge in [-0.05, 0) is 30.3 Å². The van der Waals surface area contributed by atoms with Gasteiger partial charge in [0.15, 0.2) is 0 Å². The SMILES string of the molecule is CNc1ccnc(C(=O)Nc2cccc(Br)c2)c1. The molecule has 0 fully saturated rings. The third-order valence-electron chi connectivity index (χ3n) is 2.36. The van der Waals surface area contributed by atoms with Crippen molar-refractivity contribution < 1.29 is 4.79 Å². The summed E-state index contributed by atoms with van der Waals surface area (Å²) in [7, 11) is 1.80. The Morgan fingerprint density at radius 3 is 2.78 bits per heavy atom. The van der Waals surface area contributed by atoms with E-state index in [2.05, 4.69) is 31.5 Å². The number of hydrogen-bond acceptors (Lipinski definition) is 3. The van der Waals surface area contributed by atoms with Crippen molar-refractivity contribution in [3.63, 3.8) is 0 Å². The van der Waals surface area contributed by atoms with Gasteiger partial charge in [-0.2, -0.15) is 0 Å². The maximum Gasteiger partial charge on any atom is 0.274 e. The molecule has 5 heteroatoms. The molecule has 2 N–H and O–H groups in total. The first kappa shape index (κ1) is 12.6. The first-order valence-electron chi connectivity index (χ1n) is 5.40. The molecule has 1 amide bonds. The fourth-order valence-corrected chi connectivity index (χ4v) is 1.87. The highest BCUT2D eigenvalue weighted by molar-refractivity contribution is 9.10. The van der Waals surface area contributed by atoms with Crippen molar-refractivity contribution in [1.29, 1.82) is 0 Å². The highest BCUT2D eigenvalue weighted by Gasteiger charge is 2.08. The van der Waals surface area contributed by atoms with Crippen molar-refractivity contribution >= 4 is 33.2 Å². The number of halogens is 1. The van der Waals surface area contributed by atoms with Gasteiger partial charge in [0.1, 0.15) is 5.69 Å². The smallest absolute Gasteiger partial charge is 0.274 e. The van der Waals surface area contributed by atoms with Gasteiger partial charge in [0.2, 0.25) is 0 Å². The van der Waals surface area contributed by atoms with Crippen LogP contribution in [0.25, 0.3) is 0 Å². The zero-order chi connectivity index (χ0) is 13.0. The molecule has 0 spiro atoms. The Bertz CT molecular complexity index is 572. The highest BCUT2D eigenvalue weighted by atomic mass is 79.9. The Kier molecular flexibility index (Phi) is 3.94. The lowest BCUT2D eigenvalue weighted by Gasteiger charge is -2.06. The molecular weight excluding hydrogens is 294 g/mol. The van der Waals surface area contributed by atoms with Gasteiger partial charge in [-0.15, -0.1) is 0 Å². The summed E-state index contributed by atoms with van der Waals surface area (Å²) < 4.78 is 0.914. The summed E-state index contributed by atoms with van der Waals surface area (Å²) >= 11 is 3.35. The summed E-state index contributed by atoms with van der Waals surface area (Å²) in [6.45, 7) is 0. The first-order valence-corrected chi connectivity index (χ1v) is 6.19. The zero-order valence-corrected chi connectivity index (χ0v) is 11.4. The summed E-state index contributed by atoms with van der Waals surface area (Å²) in [5.74, 6) is -0.231. The first-order chi connectivity index (χ1) is 8.69. The lowest BCUT2D eigenvalue weighted by molar-refractivity contribution is 0.102. The lowest BCUT2D eigenvalue weighted by Crippen LogP contribution is -2.13. The van der Waals surface area contributed by atoms with E-state index < -0.39 is 0 Å². The number of pyridine rings is 1. The van der Waals surface area contributed by atoms with Crippen LogP contribution in [0.2, 0.25) is 0 Å². The molecule has 0 saturated heterocycles. The van der Waals surface area contributed by atoms with E-state index in [0.717, 1.165) is 15.8 Å².